The van der Waals surface area contributed by atoms with Crippen LogP contribution in [0.5, 0.6) is 0 Å². The van der Waals surface area contributed by atoms with Crippen LogP contribution in [0.2, 0.25) is 10.0 Å². The largest absolute Gasteiger partial charge is 0.350 e. The number of hydrogen-bond acceptors (Lipinski definition) is 3. The standard InChI is InChI=1S/C20H15Cl2N3OS/c21-14-5-3-13(4-6-14)17-12-18(19-2-1-11-27-19)25(20(23)26)24(17)16-9-7-15(22)8-10-16/h1-12,17H,(H2,23,26). The maximum Gasteiger partial charge on any atom is 0.338 e. The summed E-state index contributed by atoms with van der Waals surface area (Å²) in [5, 5.41) is 6.63. The quantitative estimate of drug-likeness (QED) is 0.573. The van der Waals surface area contributed by atoms with Gasteiger partial charge in [-0.1, -0.05) is 41.4 Å². The molecule has 1 unspecified atom stereocenters. The van der Waals surface area contributed by atoms with Gasteiger partial charge in [0.05, 0.1) is 22.3 Å². The van der Waals surface area contributed by atoms with Crippen LogP contribution in [0.4, 0.5) is 10.5 Å². The summed E-state index contributed by atoms with van der Waals surface area (Å²) in [4.78, 5) is 13.4. The summed E-state index contributed by atoms with van der Waals surface area (Å²) in [5.41, 5.74) is 8.33. The lowest BCUT2D eigenvalue weighted by Gasteiger charge is -2.34. The molecule has 0 radical (unpaired) electrons. The van der Waals surface area contributed by atoms with E-state index in [1.54, 1.807) is 23.5 Å². The summed E-state index contributed by atoms with van der Waals surface area (Å²) in [6, 6.07) is 18.0. The average Bonchev–Trinajstić information content (AvgIpc) is 3.30. The minimum Gasteiger partial charge on any atom is -0.350 e. The molecule has 3 aromatic rings. The molecule has 27 heavy (non-hydrogen) atoms. The first kappa shape index (κ1) is 17.9. The Morgan fingerprint density at radius 2 is 1.59 bits per heavy atom. The molecule has 0 saturated carbocycles. The lowest BCUT2D eigenvalue weighted by atomic mass is 10.1. The summed E-state index contributed by atoms with van der Waals surface area (Å²) in [6.07, 6.45) is 2.04. The summed E-state index contributed by atoms with van der Waals surface area (Å²) in [6.45, 7) is 0. The smallest absolute Gasteiger partial charge is 0.338 e. The monoisotopic (exact) mass is 415 g/mol. The van der Waals surface area contributed by atoms with E-state index in [0.29, 0.717) is 10.0 Å². The van der Waals surface area contributed by atoms with Crippen molar-refractivity contribution in [1.82, 2.24) is 5.01 Å². The Kier molecular flexibility index (Phi) is 4.83. The fraction of sp³-hybridized carbons (Fsp3) is 0.0500. The highest BCUT2D eigenvalue weighted by Gasteiger charge is 2.37. The highest BCUT2D eigenvalue weighted by molar-refractivity contribution is 7.11. The molecule has 2 heterocycles. The molecular weight excluding hydrogens is 401 g/mol. The minimum atomic E-state index is -0.555. The van der Waals surface area contributed by atoms with Gasteiger partial charge in [0.25, 0.3) is 0 Å². The molecule has 0 spiro atoms. The van der Waals surface area contributed by atoms with Gasteiger partial charge in [-0.3, -0.25) is 5.01 Å². The molecule has 1 aliphatic rings. The average molecular weight is 416 g/mol. The Morgan fingerprint density at radius 3 is 2.15 bits per heavy atom. The molecule has 0 saturated heterocycles. The predicted octanol–water partition coefficient (Wildman–Crippen LogP) is 5.95. The highest BCUT2D eigenvalue weighted by Crippen LogP contribution is 2.42. The fourth-order valence-corrected chi connectivity index (χ4v) is 4.12. The first-order valence-corrected chi connectivity index (χ1v) is 9.83. The number of thiophene rings is 1. The summed E-state index contributed by atoms with van der Waals surface area (Å²) >= 11 is 13.7. The number of hydrogen-bond donors (Lipinski definition) is 1. The van der Waals surface area contributed by atoms with Crippen LogP contribution in [-0.4, -0.2) is 11.0 Å². The number of urea groups is 1. The van der Waals surface area contributed by atoms with Crippen molar-refractivity contribution in [2.24, 2.45) is 5.73 Å². The first-order chi connectivity index (χ1) is 13.0. The lowest BCUT2D eigenvalue weighted by molar-refractivity contribution is 0.224. The number of carbonyl (C=O) groups excluding carboxylic acids is 1. The van der Waals surface area contributed by atoms with Gasteiger partial charge in [-0.05, 0) is 59.5 Å². The molecule has 2 N–H and O–H groups in total. The maximum atomic E-state index is 12.4. The molecule has 2 amide bonds. The molecule has 136 valence electrons. The number of amides is 2. The molecule has 2 aromatic carbocycles. The van der Waals surface area contributed by atoms with Gasteiger partial charge in [0, 0.05) is 10.0 Å². The molecule has 1 atom stereocenters. The molecule has 1 aromatic heterocycles. The van der Waals surface area contributed by atoms with E-state index in [1.807, 2.05) is 65.0 Å². The van der Waals surface area contributed by atoms with Crippen molar-refractivity contribution in [3.8, 4) is 0 Å². The Morgan fingerprint density at radius 1 is 0.963 bits per heavy atom. The number of halogens is 2. The van der Waals surface area contributed by atoms with Gasteiger partial charge in [-0.2, -0.15) is 0 Å². The van der Waals surface area contributed by atoms with E-state index in [2.05, 4.69) is 0 Å². The van der Waals surface area contributed by atoms with E-state index >= 15 is 0 Å². The molecule has 4 nitrogen and oxygen atoms in total. The molecular formula is C20H15Cl2N3OS. The van der Waals surface area contributed by atoms with Gasteiger partial charge < -0.3 is 5.73 Å². The van der Waals surface area contributed by atoms with E-state index in [-0.39, 0.29) is 6.04 Å². The number of primary amides is 1. The van der Waals surface area contributed by atoms with Gasteiger partial charge in [0.1, 0.15) is 0 Å². The number of carbonyl (C=O) groups is 1. The normalized spacial score (nSPS) is 16.5. The van der Waals surface area contributed by atoms with E-state index < -0.39 is 6.03 Å². The van der Waals surface area contributed by atoms with Gasteiger partial charge >= 0.3 is 6.03 Å². The van der Waals surface area contributed by atoms with Crippen molar-refractivity contribution < 1.29 is 4.79 Å². The molecule has 1 aliphatic heterocycles. The first-order valence-electron chi connectivity index (χ1n) is 8.20. The zero-order valence-electron chi connectivity index (χ0n) is 14.0. The Bertz CT molecular complexity index is 985. The van der Waals surface area contributed by atoms with Crippen molar-refractivity contribution in [3.05, 3.63) is 92.6 Å². The van der Waals surface area contributed by atoms with Crippen LogP contribution in [0.1, 0.15) is 16.5 Å². The third-order valence-electron chi connectivity index (χ3n) is 4.31. The molecule has 0 bridgehead atoms. The van der Waals surface area contributed by atoms with E-state index in [0.717, 1.165) is 21.8 Å². The maximum absolute atomic E-state index is 12.4. The second kappa shape index (κ2) is 7.27. The van der Waals surface area contributed by atoms with Gasteiger partial charge in [-0.15, -0.1) is 11.3 Å². The molecule has 0 aliphatic carbocycles. The Hall–Kier alpha value is -2.47. The lowest BCUT2D eigenvalue weighted by Crippen LogP contribution is -2.45. The third kappa shape index (κ3) is 3.41. The molecule has 4 rings (SSSR count). The number of hydrazine groups is 1. The molecule has 7 heteroatoms. The number of nitrogens with two attached hydrogens (primary N) is 1. The van der Waals surface area contributed by atoms with Gasteiger partial charge in [0.2, 0.25) is 0 Å². The number of nitrogens with zero attached hydrogens (tertiary/aromatic N) is 2. The van der Waals surface area contributed by atoms with Crippen LogP contribution in [-0.2, 0) is 0 Å². The van der Waals surface area contributed by atoms with Crippen molar-refractivity contribution in [3.63, 3.8) is 0 Å². The zero-order valence-corrected chi connectivity index (χ0v) is 16.4. The zero-order chi connectivity index (χ0) is 19.0. The van der Waals surface area contributed by atoms with Crippen molar-refractivity contribution in [2.75, 3.05) is 5.01 Å². The SMILES string of the molecule is NC(=O)N1C(c2cccs2)=CC(c2ccc(Cl)cc2)N1c1ccc(Cl)cc1. The van der Waals surface area contributed by atoms with Gasteiger partial charge in [-0.25, -0.2) is 9.80 Å². The van der Waals surface area contributed by atoms with E-state index in [9.17, 15) is 4.79 Å². The van der Waals surface area contributed by atoms with Crippen molar-refractivity contribution in [2.45, 2.75) is 6.04 Å². The number of benzene rings is 2. The number of rotatable bonds is 3. The van der Waals surface area contributed by atoms with Gasteiger partial charge in [0.15, 0.2) is 0 Å². The topological polar surface area (TPSA) is 49.6 Å². The summed E-state index contributed by atoms with van der Waals surface area (Å²) in [5.74, 6) is 0. The summed E-state index contributed by atoms with van der Waals surface area (Å²) < 4.78 is 0. The van der Waals surface area contributed by atoms with Crippen LogP contribution < -0.4 is 10.7 Å². The van der Waals surface area contributed by atoms with Crippen molar-refractivity contribution >= 4 is 52.0 Å². The number of anilines is 1. The van der Waals surface area contributed by atoms with E-state index in [1.165, 1.54) is 5.01 Å². The molecule has 0 fully saturated rings. The second-order valence-corrected chi connectivity index (χ2v) is 7.82. The Labute approximate surface area is 171 Å². The van der Waals surface area contributed by atoms with E-state index in [4.69, 9.17) is 28.9 Å². The van der Waals surface area contributed by atoms with Crippen molar-refractivity contribution in [1.29, 1.82) is 0 Å². The highest BCUT2D eigenvalue weighted by atomic mass is 35.5. The van der Waals surface area contributed by atoms with Crippen LogP contribution in [0.25, 0.3) is 5.70 Å². The van der Waals surface area contributed by atoms with Crippen LogP contribution >= 0.6 is 34.5 Å². The van der Waals surface area contributed by atoms with Crippen LogP contribution in [0.15, 0.2) is 72.1 Å². The third-order valence-corrected chi connectivity index (χ3v) is 5.70. The predicted molar refractivity (Wildman–Crippen MR) is 112 cm³/mol. The second-order valence-electron chi connectivity index (χ2n) is 6.00. The summed E-state index contributed by atoms with van der Waals surface area (Å²) in [7, 11) is 0. The van der Waals surface area contributed by atoms with Crippen LogP contribution in [0, 0.1) is 0 Å². The fourth-order valence-electron chi connectivity index (χ4n) is 3.13. The Balaban J connectivity index is 1.87. The van der Waals surface area contributed by atoms with Crippen LogP contribution in [0.3, 0.4) is 0 Å². The minimum absolute atomic E-state index is 0.215.